The minimum Gasteiger partial charge on any atom is -0.272 e. The Morgan fingerprint density at radius 2 is 2.27 bits per heavy atom. The molecule has 5 nitrogen and oxygen atoms in total. The Balaban J connectivity index is 2.16. The zero-order valence-electron chi connectivity index (χ0n) is 8.90. The lowest BCUT2D eigenvalue weighted by molar-refractivity contribution is 0.576. The summed E-state index contributed by atoms with van der Waals surface area (Å²) in [6, 6.07) is 0. The van der Waals surface area contributed by atoms with E-state index in [4.69, 9.17) is 0 Å². The summed E-state index contributed by atoms with van der Waals surface area (Å²) in [5.74, 6) is 0.539. The van der Waals surface area contributed by atoms with Crippen LogP contribution in [0.1, 0.15) is 18.5 Å². The van der Waals surface area contributed by atoms with Gasteiger partial charge in [-0.3, -0.25) is 4.68 Å². The molecule has 1 N–H and O–H groups in total. The van der Waals surface area contributed by atoms with Crippen LogP contribution in [-0.2, 0) is 17.1 Å². The number of sulfonamides is 1. The molecule has 1 aromatic heterocycles. The van der Waals surface area contributed by atoms with Gasteiger partial charge in [0.1, 0.15) is 4.90 Å². The van der Waals surface area contributed by atoms with E-state index in [1.807, 2.05) is 0 Å². The third-order valence-electron chi connectivity index (χ3n) is 2.74. The van der Waals surface area contributed by atoms with E-state index in [1.165, 1.54) is 6.20 Å². The monoisotopic (exact) mass is 229 g/mol. The zero-order chi connectivity index (χ0) is 11.1. The lowest BCUT2D eigenvalue weighted by Crippen LogP contribution is -2.26. The first-order valence-electron chi connectivity index (χ1n) is 4.99. The average molecular weight is 229 g/mol. The minimum atomic E-state index is -3.36. The SMILES string of the molecule is Cc1c(S(=O)(=O)NCC2CC2)cnn1C. The fraction of sp³-hybridized carbons (Fsp3) is 0.667. The third kappa shape index (κ3) is 2.21. The molecule has 0 aromatic carbocycles. The molecule has 1 aliphatic carbocycles. The molecule has 1 fully saturated rings. The van der Waals surface area contributed by atoms with Crippen LogP contribution in [0.4, 0.5) is 0 Å². The number of aryl methyl sites for hydroxylation is 1. The highest BCUT2D eigenvalue weighted by molar-refractivity contribution is 7.89. The molecule has 0 unspecified atom stereocenters. The number of aromatic nitrogens is 2. The Kier molecular flexibility index (Phi) is 2.56. The predicted molar refractivity (Wildman–Crippen MR) is 55.9 cm³/mol. The zero-order valence-corrected chi connectivity index (χ0v) is 9.71. The molecular formula is C9H15N3O2S. The molecule has 15 heavy (non-hydrogen) atoms. The van der Waals surface area contributed by atoms with Crippen LogP contribution in [0.15, 0.2) is 11.1 Å². The van der Waals surface area contributed by atoms with Gasteiger partial charge in [-0.2, -0.15) is 5.10 Å². The summed E-state index contributed by atoms with van der Waals surface area (Å²) in [7, 11) is -1.63. The van der Waals surface area contributed by atoms with Crippen LogP contribution in [-0.4, -0.2) is 24.7 Å². The van der Waals surface area contributed by atoms with Gasteiger partial charge in [-0.25, -0.2) is 13.1 Å². The molecule has 0 radical (unpaired) electrons. The summed E-state index contributed by atoms with van der Waals surface area (Å²) in [5, 5.41) is 3.92. The molecule has 1 heterocycles. The van der Waals surface area contributed by atoms with Crippen molar-refractivity contribution in [3.8, 4) is 0 Å². The summed E-state index contributed by atoms with van der Waals surface area (Å²) in [4.78, 5) is 0.283. The largest absolute Gasteiger partial charge is 0.272 e. The predicted octanol–water partition coefficient (Wildman–Crippen LogP) is 0.417. The first-order chi connectivity index (χ1) is 7.00. The standard InChI is InChI=1S/C9H15N3O2S/c1-7-9(6-10-12(7)2)15(13,14)11-5-8-3-4-8/h6,8,11H,3-5H2,1-2H3. The van der Waals surface area contributed by atoms with Gasteiger partial charge in [-0.15, -0.1) is 0 Å². The fourth-order valence-corrected chi connectivity index (χ4v) is 2.69. The van der Waals surface area contributed by atoms with Crippen LogP contribution in [0.2, 0.25) is 0 Å². The molecule has 0 atom stereocenters. The van der Waals surface area contributed by atoms with Gasteiger partial charge in [-0.1, -0.05) is 0 Å². The van der Waals surface area contributed by atoms with Crippen molar-refractivity contribution in [1.29, 1.82) is 0 Å². The maximum absolute atomic E-state index is 11.8. The van der Waals surface area contributed by atoms with Crippen LogP contribution >= 0.6 is 0 Å². The van der Waals surface area contributed by atoms with Gasteiger partial charge in [0.25, 0.3) is 0 Å². The van der Waals surface area contributed by atoms with Crippen LogP contribution in [0, 0.1) is 12.8 Å². The number of nitrogens with zero attached hydrogens (tertiary/aromatic N) is 2. The molecule has 0 saturated heterocycles. The van der Waals surface area contributed by atoms with E-state index in [1.54, 1.807) is 18.7 Å². The first-order valence-corrected chi connectivity index (χ1v) is 6.47. The second kappa shape index (κ2) is 3.61. The fourth-order valence-electron chi connectivity index (χ4n) is 1.37. The Morgan fingerprint density at radius 1 is 1.60 bits per heavy atom. The molecule has 0 spiro atoms. The van der Waals surface area contributed by atoms with Crippen molar-refractivity contribution in [2.45, 2.75) is 24.7 Å². The normalized spacial score (nSPS) is 16.9. The van der Waals surface area contributed by atoms with Gasteiger partial charge in [0.15, 0.2) is 0 Å². The smallest absolute Gasteiger partial charge is 0.243 e. The van der Waals surface area contributed by atoms with Gasteiger partial charge in [0, 0.05) is 13.6 Å². The summed E-state index contributed by atoms with van der Waals surface area (Å²) in [6.07, 6.45) is 3.66. The van der Waals surface area contributed by atoms with E-state index >= 15 is 0 Å². The highest BCUT2D eigenvalue weighted by Crippen LogP contribution is 2.28. The van der Waals surface area contributed by atoms with Crippen LogP contribution in [0.5, 0.6) is 0 Å². The number of nitrogens with one attached hydrogen (secondary N) is 1. The number of rotatable bonds is 4. The second-order valence-electron chi connectivity index (χ2n) is 4.01. The van der Waals surface area contributed by atoms with E-state index in [-0.39, 0.29) is 4.90 Å². The number of hydrogen-bond donors (Lipinski definition) is 1. The van der Waals surface area contributed by atoms with Gasteiger partial charge in [0.05, 0.1) is 11.9 Å². The summed E-state index contributed by atoms with van der Waals surface area (Å²) < 4.78 is 27.8. The highest BCUT2D eigenvalue weighted by Gasteiger charge is 2.25. The molecular weight excluding hydrogens is 214 g/mol. The minimum absolute atomic E-state index is 0.283. The molecule has 1 saturated carbocycles. The summed E-state index contributed by atoms with van der Waals surface area (Å²) >= 11 is 0. The average Bonchev–Trinajstić information content (AvgIpc) is 2.92. The van der Waals surface area contributed by atoms with E-state index in [9.17, 15) is 8.42 Å². The van der Waals surface area contributed by atoms with Gasteiger partial charge >= 0.3 is 0 Å². The van der Waals surface area contributed by atoms with Crippen molar-refractivity contribution in [2.24, 2.45) is 13.0 Å². The quantitative estimate of drug-likeness (QED) is 0.813. The second-order valence-corrected chi connectivity index (χ2v) is 5.75. The molecule has 2 rings (SSSR count). The molecule has 1 aromatic rings. The topological polar surface area (TPSA) is 64.0 Å². The Bertz CT molecular complexity index is 460. The van der Waals surface area contributed by atoms with Crippen molar-refractivity contribution < 1.29 is 8.42 Å². The summed E-state index contributed by atoms with van der Waals surface area (Å²) in [5.41, 5.74) is 0.665. The Hall–Kier alpha value is -0.880. The molecule has 1 aliphatic rings. The van der Waals surface area contributed by atoms with Gasteiger partial charge in [-0.05, 0) is 25.7 Å². The van der Waals surface area contributed by atoms with Crippen molar-refractivity contribution in [2.75, 3.05) is 6.54 Å². The molecule has 0 bridgehead atoms. The molecule has 84 valence electrons. The van der Waals surface area contributed by atoms with Gasteiger partial charge < -0.3 is 0 Å². The lowest BCUT2D eigenvalue weighted by Gasteiger charge is -2.04. The van der Waals surface area contributed by atoms with Gasteiger partial charge in [0.2, 0.25) is 10.0 Å². The maximum atomic E-state index is 11.8. The van der Waals surface area contributed by atoms with Crippen LogP contribution in [0.3, 0.4) is 0 Å². The molecule has 0 aliphatic heterocycles. The number of hydrogen-bond acceptors (Lipinski definition) is 3. The lowest BCUT2D eigenvalue weighted by atomic mass is 10.4. The van der Waals surface area contributed by atoms with E-state index in [2.05, 4.69) is 9.82 Å². The molecule has 6 heteroatoms. The van der Waals surface area contributed by atoms with Crippen molar-refractivity contribution in [1.82, 2.24) is 14.5 Å². The Morgan fingerprint density at radius 3 is 2.73 bits per heavy atom. The Labute approximate surface area is 89.5 Å². The first kappa shape index (κ1) is 10.6. The van der Waals surface area contributed by atoms with E-state index in [0.29, 0.717) is 18.2 Å². The van der Waals surface area contributed by atoms with Crippen molar-refractivity contribution in [3.05, 3.63) is 11.9 Å². The van der Waals surface area contributed by atoms with Crippen molar-refractivity contribution >= 4 is 10.0 Å². The van der Waals surface area contributed by atoms with E-state index < -0.39 is 10.0 Å². The molecule has 0 amide bonds. The van der Waals surface area contributed by atoms with Crippen LogP contribution in [0.25, 0.3) is 0 Å². The van der Waals surface area contributed by atoms with Crippen molar-refractivity contribution in [3.63, 3.8) is 0 Å². The maximum Gasteiger partial charge on any atom is 0.243 e. The van der Waals surface area contributed by atoms with Crippen LogP contribution < -0.4 is 4.72 Å². The highest BCUT2D eigenvalue weighted by atomic mass is 32.2. The third-order valence-corrected chi connectivity index (χ3v) is 4.27. The summed E-state index contributed by atoms with van der Waals surface area (Å²) in [6.45, 7) is 2.30. The van der Waals surface area contributed by atoms with E-state index in [0.717, 1.165) is 12.8 Å².